The summed E-state index contributed by atoms with van der Waals surface area (Å²) in [6, 6.07) is 6.88. The van der Waals surface area contributed by atoms with E-state index < -0.39 is 0 Å². The van der Waals surface area contributed by atoms with E-state index in [-0.39, 0.29) is 12.5 Å². The lowest BCUT2D eigenvalue weighted by Crippen LogP contribution is -2.29. The Morgan fingerprint density at radius 1 is 1.35 bits per heavy atom. The standard InChI is InChI=1S/C14H15ClN2O3/c15-12-3-5-13(6-4-12)19-10-14(18)16-7-1-2-11-8-17-20-9-11/h3-6,8-9H,1-2,7,10H2,(H,16,18). The molecule has 1 aromatic heterocycles. The molecular weight excluding hydrogens is 280 g/mol. The van der Waals surface area contributed by atoms with E-state index in [4.69, 9.17) is 20.9 Å². The number of carbonyl (C=O) groups is 1. The molecule has 1 amide bonds. The summed E-state index contributed by atoms with van der Waals surface area (Å²) in [7, 11) is 0. The fourth-order valence-corrected chi connectivity index (χ4v) is 1.73. The molecule has 0 bridgehead atoms. The number of benzene rings is 1. The number of nitrogens with zero attached hydrogens (tertiary/aromatic N) is 1. The van der Waals surface area contributed by atoms with E-state index in [9.17, 15) is 4.79 Å². The van der Waals surface area contributed by atoms with Crippen molar-refractivity contribution in [3.8, 4) is 5.75 Å². The Kier molecular flexibility index (Phi) is 5.43. The van der Waals surface area contributed by atoms with Crippen molar-refractivity contribution in [2.45, 2.75) is 12.8 Å². The van der Waals surface area contributed by atoms with Gasteiger partial charge in [0.2, 0.25) is 0 Å². The molecule has 0 spiro atoms. The average Bonchev–Trinajstić information content (AvgIpc) is 2.96. The van der Waals surface area contributed by atoms with Gasteiger partial charge in [-0.2, -0.15) is 0 Å². The van der Waals surface area contributed by atoms with Gasteiger partial charge in [0.1, 0.15) is 12.0 Å². The maximum atomic E-state index is 11.6. The van der Waals surface area contributed by atoms with Crippen LogP contribution in [0.4, 0.5) is 0 Å². The zero-order valence-corrected chi connectivity index (χ0v) is 11.6. The molecule has 0 saturated heterocycles. The molecule has 0 aliphatic carbocycles. The molecule has 6 heteroatoms. The van der Waals surface area contributed by atoms with E-state index in [0.29, 0.717) is 17.3 Å². The smallest absolute Gasteiger partial charge is 0.257 e. The first-order valence-corrected chi connectivity index (χ1v) is 6.65. The molecule has 1 N–H and O–H groups in total. The number of hydrogen-bond donors (Lipinski definition) is 1. The molecule has 1 aromatic carbocycles. The number of amides is 1. The van der Waals surface area contributed by atoms with Crippen molar-refractivity contribution in [3.63, 3.8) is 0 Å². The van der Waals surface area contributed by atoms with Crippen molar-refractivity contribution in [2.75, 3.05) is 13.2 Å². The molecule has 0 aliphatic heterocycles. The number of nitrogens with one attached hydrogen (secondary N) is 1. The first kappa shape index (κ1) is 14.4. The van der Waals surface area contributed by atoms with E-state index in [1.165, 1.54) is 0 Å². The molecule has 0 atom stereocenters. The molecule has 20 heavy (non-hydrogen) atoms. The molecule has 5 nitrogen and oxygen atoms in total. The number of aryl methyl sites for hydroxylation is 1. The van der Waals surface area contributed by atoms with Crippen LogP contribution in [0.3, 0.4) is 0 Å². The molecule has 0 radical (unpaired) electrons. The monoisotopic (exact) mass is 294 g/mol. The van der Waals surface area contributed by atoms with Gasteiger partial charge in [-0.25, -0.2) is 0 Å². The number of aromatic nitrogens is 1. The number of ether oxygens (including phenoxy) is 1. The zero-order valence-electron chi connectivity index (χ0n) is 10.8. The van der Waals surface area contributed by atoms with Gasteiger partial charge in [-0.3, -0.25) is 4.79 Å². The largest absolute Gasteiger partial charge is 0.484 e. The first-order valence-electron chi connectivity index (χ1n) is 6.27. The summed E-state index contributed by atoms with van der Waals surface area (Å²) < 4.78 is 10.1. The summed E-state index contributed by atoms with van der Waals surface area (Å²) in [5.41, 5.74) is 1.02. The highest BCUT2D eigenvalue weighted by molar-refractivity contribution is 6.30. The van der Waals surface area contributed by atoms with Crippen molar-refractivity contribution in [2.24, 2.45) is 0 Å². The van der Waals surface area contributed by atoms with Gasteiger partial charge in [0.25, 0.3) is 5.91 Å². The highest BCUT2D eigenvalue weighted by Gasteiger charge is 2.02. The second kappa shape index (κ2) is 7.55. The molecular formula is C14H15ClN2O3. The molecule has 0 aliphatic rings. The van der Waals surface area contributed by atoms with E-state index >= 15 is 0 Å². The van der Waals surface area contributed by atoms with Crippen molar-refractivity contribution in [3.05, 3.63) is 47.3 Å². The van der Waals surface area contributed by atoms with Gasteiger partial charge < -0.3 is 14.6 Å². The van der Waals surface area contributed by atoms with Crippen LogP contribution in [0.15, 0.2) is 41.2 Å². The molecule has 1 heterocycles. The Labute approximate surface area is 121 Å². The van der Waals surface area contributed by atoms with E-state index in [0.717, 1.165) is 18.4 Å². The third-order valence-electron chi connectivity index (χ3n) is 2.63. The van der Waals surface area contributed by atoms with Crippen LogP contribution < -0.4 is 10.1 Å². The predicted octanol–water partition coefficient (Wildman–Crippen LogP) is 2.46. The van der Waals surface area contributed by atoms with Gasteiger partial charge >= 0.3 is 0 Å². The van der Waals surface area contributed by atoms with Crippen LogP contribution in [0.2, 0.25) is 5.02 Å². The van der Waals surface area contributed by atoms with Gasteiger partial charge in [-0.15, -0.1) is 0 Å². The molecule has 2 aromatic rings. The summed E-state index contributed by atoms with van der Waals surface area (Å²) in [5, 5.41) is 7.03. The Morgan fingerprint density at radius 3 is 2.85 bits per heavy atom. The maximum absolute atomic E-state index is 11.6. The normalized spacial score (nSPS) is 10.2. The minimum atomic E-state index is -0.148. The van der Waals surface area contributed by atoms with Gasteiger partial charge in [0, 0.05) is 17.1 Å². The predicted molar refractivity (Wildman–Crippen MR) is 74.8 cm³/mol. The van der Waals surface area contributed by atoms with E-state index in [2.05, 4.69) is 10.5 Å². The van der Waals surface area contributed by atoms with Gasteiger partial charge in [-0.1, -0.05) is 16.8 Å². The lowest BCUT2D eigenvalue weighted by molar-refractivity contribution is -0.123. The second-order valence-corrected chi connectivity index (χ2v) is 4.67. The van der Waals surface area contributed by atoms with Crippen LogP contribution in [0.1, 0.15) is 12.0 Å². The summed E-state index contributed by atoms with van der Waals surface area (Å²) >= 11 is 5.76. The topological polar surface area (TPSA) is 64.4 Å². The lowest BCUT2D eigenvalue weighted by Gasteiger charge is -2.07. The number of rotatable bonds is 7. The fraction of sp³-hybridized carbons (Fsp3) is 0.286. The van der Waals surface area contributed by atoms with Crippen LogP contribution >= 0.6 is 11.6 Å². The highest BCUT2D eigenvalue weighted by atomic mass is 35.5. The lowest BCUT2D eigenvalue weighted by atomic mass is 10.2. The maximum Gasteiger partial charge on any atom is 0.257 e. The van der Waals surface area contributed by atoms with Crippen LogP contribution in [0, 0.1) is 0 Å². The highest BCUT2D eigenvalue weighted by Crippen LogP contribution is 2.15. The quantitative estimate of drug-likeness (QED) is 0.797. The van der Waals surface area contributed by atoms with Crippen molar-refractivity contribution < 1.29 is 14.1 Å². The van der Waals surface area contributed by atoms with E-state index in [1.54, 1.807) is 36.7 Å². The average molecular weight is 295 g/mol. The van der Waals surface area contributed by atoms with Gasteiger partial charge in [-0.05, 0) is 37.1 Å². The summed E-state index contributed by atoms with van der Waals surface area (Å²) in [6.45, 7) is 0.586. The van der Waals surface area contributed by atoms with Gasteiger partial charge in [0.05, 0.1) is 6.20 Å². The van der Waals surface area contributed by atoms with Crippen LogP contribution in [0.5, 0.6) is 5.75 Å². The van der Waals surface area contributed by atoms with Gasteiger partial charge in [0.15, 0.2) is 6.61 Å². The van der Waals surface area contributed by atoms with Crippen molar-refractivity contribution in [1.82, 2.24) is 10.5 Å². The Hall–Kier alpha value is -2.01. The van der Waals surface area contributed by atoms with Crippen molar-refractivity contribution in [1.29, 1.82) is 0 Å². The molecule has 0 fully saturated rings. The molecule has 0 unspecified atom stereocenters. The number of halogens is 1. The number of carbonyl (C=O) groups excluding carboxylic acids is 1. The SMILES string of the molecule is O=C(COc1ccc(Cl)cc1)NCCCc1cnoc1. The Bertz CT molecular complexity index is 526. The Balaban J connectivity index is 1.59. The molecule has 0 saturated carbocycles. The zero-order chi connectivity index (χ0) is 14.2. The number of hydrogen-bond acceptors (Lipinski definition) is 4. The van der Waals surface area contributed by atoms with Crippen LogP contribution in [-0.2, 0) is 11.2 Å². The fourth-order valence-electron chi connectivity index (χ4n) is 1.60. The summed E-state index contributed by atoms with van der Waals surface area (Å²) in [6.07, 6.45) is 4.92. The van der Waals surface area contributed by atoms with E-state index in [1.807, 2.05) is 0 Å². The molecule has 2 rings (SSSR count). The van der Waals surface area contributed by atoms with Crippen molar-refractivity contribution >= 4 is 17.5 Å². The second-order valence-electron chi connectivity index (χ2n) is 4.23. The minimum Gasteiger partial charge on any atom is -0.484 e. The third-order valence-corrected chi connectivity index (χ3v) is 2.88. The first-order chi connectivity index (χ1) is 9.74. The summed E-state index contributed by atoms with van der Waals surface area (Å²) in [5.74, 6) is 0.472. The molecule has 106 valence electrons. The minimum absolute atomic E-state index is 0.00506. The van der Waals surface area contributed by atoms with Crippen LogP contribution in [-0.4, -0.2) is 24.2 Å². The van der Waals surface area contributed by atoms with Crippen LogP contribution in [0.25, 0.3) is 0 Å². The Morgan fingerprint density at radius 2 is 2.15 bits per heavy atom. The third kappa shape index (κ3) is 4.93. The summed E-state index contributed by atoms with van der Waals surface area (Å²) in [4.78, 5) is 11.6.